The lowest BCUT2D eigenvalue weighted by atomic mass is 9.96. The van der Waals surface area contributed by atoms with Gasteiger partial charge in [0.25, 0.3) is 0 Å². The third kappa shape index (κ3) is 4.50. The third-order valence-corrected chi connectivity index (χ3v) is 10.1. The summed E-state index contributed by atoms with van der Waals surface area (Å²) in [5, 5.41) is 10.0. The third-order valence-electron chi connectivity index (χ3n) is 10.1. The summed E-state index contributed by atoms with van der Waals surface area (Å²) in [6, 6.07) is 70.5. The van der Waals surface area contributed by atoms with E-state index in [9.17, 15) is 0 Å². The predicted molar refractivity (Wildman–Crippen MR) is 213 cm³/mol. The Hall–Kier alpha value is -6.64. The van der Waals surface area contributed by atoms with Crippen LogP contribution < -0.4 is 4.90 Å². The second-order valence-electron chi connectivity index (χ2n) is 13.0. The first-order chi connectivity index (χ1) is 24.8. The molecule has 2 nitrogen and oxygen atoms in total. The van der Waals surface area contributed by atoms with Gasteiger partial charge >= 0.3 is 0 Å². The van der Waals surface area contributed by atoms with Crippen LogP contribution in [0, 0.1) is 0 Å². The van der Waals surface area contributed by atoms with Gasteiger partial charge in [-0.05, 0) is 98.0 Å². The standard InChI is InChI=1S/C48H32N2/c1-3-13-33(14-4-1)36-16-11-19-39(31-36)49(40-29-30-42-37(32-40)28-27-35-26-25-34-15-7-8-20-41(34)47(35)42)45-23-12-24-46-48(45)43-21-9-10-22-44(43)50(46)38-17-5-2-6-18-38/h1-32H. The highest BCUT2D eigenvalue weighted by molar-refractivity contribution is 6.21. The molecule has 0 aliphatic heterocycles. The molecule has 0 bridgehead atoms. The second kappa shape index (κ2) is 11.5. The van der Waals surface area contributed by atoms with Crippen molar-refractivity contribution in [3.05, 3.63) is 194 Å². The van der Waals surface area contributed by atoms with Crippen molar-refractivity contribution in [2.75, 3.05) is 4.90 Å². The fourth-order valence-electron chi connectivity index (χ4n) is 7.89. The van der Waals surface area contributed by atoms with Crippen molar-refractivity contribution in [3.8, 4) is 16.8 Å². The molecule has 0 saturated heterocycles. The average Bonchev–Trinajstić information content (AvgIpc) is 3.53. The smallest absolute Gasteiger partial charge is 0.0562 e. The number of aromatic nitrogens is 1. The molecule has 0 amide bonds. The molecule has 0 unspecified atom stereocenters. The van der Waals surface area contributed by atoms with E-state index in [4.69, 9.17) is 0 Å². The number of para-hydroxylation sites is 2. The number of nitrogens with zero attached hydrogens (tertiary/aromatic N) is 2. The van der Waals surface area contributed by atoms with E-state index in [0.29, 0.717) is 0 Å². The summed E-state index contributed by atoms with van der Waals surface area (Å²) in [4.78, 5) is 2.45. The lowest BCUT2D eigenvalue weighted by Gasteiger charge is -2.27. The molecule has 0 atom stereocenters. The van der Waals surface area contributed by atoms with Crippen molar-refractivity contribution >= 4 is 71.2 Å². The SMILES string of the molecule is c1ccc(-c2cccc(N(c3ccc4c(ccc5ccc6ccccc6c54)c3)c3cccc4c3c3ccccc3n4-c3ccccc3)c2)cc1. The fraction of sp³-hybridized carbons (Fsp3) is 0. The number of rotatable bonds is 5. The predicted octanol–water partition coefficient (Wildman–Crippen LogP) is 13.4. The number of anilines is 3. The summed E-state index contributed by atoms with van der Waals surface area (Å²) >= 11 is 0. The summed E-state index contributed by atoms with van der Waals surface area (Å²) in [7, 11) is 0. The summed E-state index contributed by atoms with van der Waals surface area (Å²) < 4.78 is 2.39. The van der Waals surface area contributed by atoms with Gasteiger partial charge in [-0.3, -0.25) is 0 Å². The van der Waals surface area contributed by atoms with Crippen LogP contribution in [-0.2, 0) is 0 Å². The van der Waals surface area contributed by atoms with Gasteiger partial charge in [-0.15, -0.1) is 0 Å². The normalized spacial score (nSPS) is 11.6. The maximum Gasteiger partial charge on any atom is 0.0562 e. The van der Waals surface area contributed by atoms with Gasteiger partial charge in [0.15, 0.2) is 0 Å². The van der Waals surface area contributed by atoms with Gasteiger partial charge in [0.2, 0.25) is 0 Å². The van der Waals surface area contributed by atoms with Crippen LogP contribution in [-0.4, -0.2) is 4.57 Å². The Morgan fingerprint density at radius 1 is 0.340 bits per heavy atom. The number of hydrogen-bond donors (Lipinski definition) is 0. The van der Waals surface area contributed by atoms with Crippen LogP contribution in [0.3, 0.4) is 0 Å². The molecule has 1 heterocycles. The molecular formula is C48H32N2. The summed E-state index contributed by atoms with van der Waals surface area (Å²) in [6.07, 6.45) is 0. The highest BCUT2D eigenvalue weighted by Crippen LogP contribution is 2.45. The van der Waals surface area contributed by atoms with Crippen molar-refractivity contribution in [1.29, 1.82) is 0 Å². The number of benzene rings is 9. The van der Waals surface area contributed by atoms with E-state index in [1.165, 1.54) is 65.3 Å². The van der Waals surface area contributed by atoms with Crippen molar-refractivity contribution < 1.29 is 0 Å². The summed E-state index contributed by atoms with van der Waals surface area (Å²) in [5.74, 6) is 0. The van der Waals surface area contributed by atoms with Gasteiger partial charge in [0.05, 0.1) is 16.7 Å². The topological polar surface area (TPSA) is 8.17 Å². The Balaban J connectivity index is 1.27. The van der Waals surface area contributed by atoms with Crippen LogP contribution in [0.5, 0.6) is 0 Å². The summed E-state index contributed by atoms with van der Waals surface area (Å²) in [5.41, 5.74) is 9.28. The Labute approximate surface area is 290 Å². The maximum atomic E-state index is 2.45. The van der Waals surface area contributed by atoms with Gasteiger partial charge in [0.1, 0.15) is 0 Å². The molecule has 2 heteroatoms. The molecule has 1 aromatic heterocycles. The maximum absolute atomic E-state index is 2.45. The Morgan fingerprint density at radius 3 is 1.82 bits per heavy atom. The van der Waals surface area contributed by atoms with Gasteiger partial charge in [-0.25, -0.2) is 0 Å². The van der Waals surface area contributed by atoms with E-state index in [2.05, 4.69) is 204 Å². The molecule has 0 fully saturated rings. The van der Waals surface area contributed by atoms with Gasteiger partial charge in [0, 0.05) is 27.8 Å². The zero-order chi connectivity index (χ0) is 33.0. The minimum atomic E-state index is 1.11. The van der Waals surface area contributed by atoms with Crippen molar-refractivity contribution in [2.45, 2.75) is 0 Å². The van der Waals surface area contributed by atoms with Crippen molar-refractivity contribution in [3.63, 3.8) is 0 Å². The molecular weight excluding hydrogens is 605 g/mol. The molecule has 0 saturated carbocycles. The Morgan fingerprint density at radius 2 is 0.960 bits per heavy atom. The van der Waals surface area contributed by atoms with E-state index in [1.54, 1.807) is 0 Å². The average molecular weight is 637 g/mol. The first-order valence-corrected chi connectivity index (χ1v) is 17.2. The van der Waals surface area contributed by atoms with E-state index in [0.717, 1.165) is 22.7 Å². The van der Waals surface area contributed by atoms with Crippen LogP contribution >= 0.6 is 0 Å². The Kier molecular flexibility index (Phi) is 6.53. The molecule has 50 heavy (non-hydrogen) atoms. The van der Waals surface area contributed by atoms with Crippen molar-refractivity contribution in [1.82, 2.24) is 4.57 Å². The van der Waals surface area contributed by atoms with Crippen LogP contribution in [0.15, 0.2) is 194 Å². The lowest BCUT2D eigenvalue weighted by molar-refractivity contribution is 1.18. The molecule has 10 aromatic rings. The van der Waals surface area contributed by atoms with Gasteiger partial charge in [-0.2, -0.15) is 0 Å². The van der Waals surface area contributed by atoms with Gasteiger partial charge < -0.3 is 9.47 Å². The van der Waals surface area contributed by atoms with Crippen LogP contribution in [0.2, 0.25) is 0 Å². The second-order valence-corrected chi connectivity index (χ2v) is 13.0. The first-order valence-electron chi connectivity index (χ1n) is 17.2. The largest absolute Gasteiger partial charge is 0.310 e. The molecule has 234 valence electrons. The molecule has 0 aliphatic rings. The number of fused-ring (bicyclic) bond motifs is 8. The number of hydrogen-bond acceptors (Lipinski definition) is 1. The highest BCUT2D eigenvalue weighted by atomic mass is 15.1. The zero-order valence-electron chi connectivity index (χ0n) is 27.4. The monoisotopic (exact) mass is 636 g/mol. The quantitative estimate of drug-likeness (QED) is 0.171. The van der Waals surface area contributed by atoms with Gasteiger partial charge in [-0.1, -0.05) is 140 Å². The van der Waals surface area contributed by atoms with E-state index >= 15 is 0 Å². The first kappa shape index (κ1) is 28.4. The fourth-order valence-corrected chi connectivity index (χ4v) is 7.89. The molecule has 10 rings (SSSR count). The summed E-state index contributed by atoms with van der Waals surface area (Å²) in [6.45, 7) is 0. The molecule has 0 radical (unpaired) electrons. The highest BCUT2D eigenvalue weighted by Gasteiger charge is 2.21. The van der Waals surface area contributed by atoms with E-state index in [-0.39, 0.29) is 0 Å². The van der Waals surface area contributed by atoms with Crippen LogP contribution in [0.4, 0.5) is 17.1 Å². The van der Waals surface area contributed by atoms with Crippen molar-refractivity contribution in [2.24, 2.45) is 0 Å². The zero-order valence-corrected chi connectivity index (χ0v) is 27.4. The van der Waals surface area contributed by atoms with Crippen LogP contribution in [0.25, 0.3) is 70.9 Å². The Bertz CT molecular complexity index is 2870. The van der Waals surface area contributed by atoms with E-state index < -0.39 is 0 Å². The molecule has 9 aromatic carbocycles. The molecule has 0 N–H and O–H groups in total. The molecule has 0 spiro atoms. The lowest BCUT2D eigenvalue weighted by Crippen LogP contribution is -2.10. The minimum Gasteiger partial charge on any atom is -0.310 e. The minimum absolute atomic E-state index is 1.11. The van der Waals surface area contributed by atoms with Crippen LogP contribution in [0.1, 0.15) is 0 Å². The molecule has 0 aliphatic carbocycles. The van der Waals surface area contributed by atoms with E-state index in [1.807, 2.05) is 0 Å².